The first kappa shape index (κ1) is 12.1. The van der Waals surface area contributed by atoms with E-state index in [-0.39, 0.29) is 11.1 Å². The molecule has 1 aliphatic carbocycles. The molecule has 0 saturated heterocycles. The Bertz CT molecular complexity index is 448. The van der Waals surface area contributed by atoms with Gasteiger partial charge in [-0.15, -0.1) is 0 Å². The fourth-order valence-corrected chi connectivity index (χ4v) is 1.86. The predicted molar refractivity (Wildman–Crippen MR) is 68.2 cm³/mol. The minimum Gasteiger partial charge on any atom is -0.365 e. The molecule has 0 unspecified atom stereocenters. The average Bonchev–Trinajstić information content (AvgIpc) is 2.97. The molecule has 0 amide bonds. The first-order chi connectivity index (χ1) is 8.00. The molecule has 17 heavy (non-hydrogen) atoms. The molecule has 1 aromatic rings. The van der Waals surface area contributed by atoms with Gasteiger partial charge in [0.15, 0.2) is 0 Å². The van der Waals surface area contributed by atoms with Gasteiger partial charge >= 0.3 is 0 Å². The van der Waals surface area contributed by atoms with E-state index in [1.54, 1.807) is 0 Å². The molecule has 1 heterocycles. The van der Waals surface area contributed by atoms with E-state index < -0.39 is 0 Å². The van der Waals surface area contributed by atoms with E-state index in [4.69, 9.17) is 5.73 Å². The Balaban J connectivity index is 2.17. The first-order valence-electron chi connectivity index (χ1n) is 6.10. The number of hydrogen-bond acceptors (Lipinski definition) is 4. The number of hydrogen-bond donors (Lipinski definition) is 3. The van der Waals surface area contributed by atoms with E-state index in [1.165, 1.54) is 6.07 Å². The van der Waals surface area contributed by atoms with Gasteiger partial charge in [0.25, 0.3) is 5.56 Å². The van der Waals surface area contributed by atoms with E-state index in [1.807, 2.05) is 0 Å². The van der Waals surface area contributed by atoms with Crippen molar-refractivity contribution in [1.82, 2.24) is 9.97 Å². The Hall–Kier alpha value is -1.36. The maximum absolute atomic E-state index is 11.5. The minimum atomic E-state index is -0.142. The zero-order valence-corrected chi connectivity index (χ0v) is 10.4. The van der Waals surface area contributed by atoms with Crippen LogP contribution in [0, 0.1) is 0 Å². The van der Waals surface area contributed by atoms with Gasteiger partial charge in [0.05, 0.1) is 0 Å². The smallest absolute Gasteiger partial charge is 0.252 e. The minimum absolute atomic E-state index is 0.0899. The lowest BCUT2D eigenvalue weighted by Crippen LogP contribution is -2.34. The Morgan fingerprint density at radius 1 is 1.59 bits per heavy atom. The van der Waals surface area contributed by atoms with Crippen LogP contribution in [0.3, 0.4) is 0 Å². The molecule has 2 rings (SSSR count). The summed E-state index contributed by atoms with van der Waals surface area (Å²) in [6.07, 6.45) is 3.08. The van der Waals surface area contributed by atoms with E-state index >= 15 is 0 Å². The van der Waals surface area contributed by atoms with Crippen LogP contribution in [0.2, 0.25) is 0 Å². The summed E-state index contributed by atoms with van der Waals surface area (Å²) in [5, 5.41) is 3.27. The predicted octanol–water partition coefficient (Wildman–Crippen LogP) is 1.19. The number of aromatic amines is 1. The fraction of sp³-hybridized carbons (Fsp3) is 0.667. The van der Waals surface area contributed by atoms with Crippen molar-refractivity contribution in [3.8, 4) is 0 Å². The molecule has 4 N–H and O–H groups in total. The molecule has 0 aliphatic heterocycles. The summed E-state index contributed by atoms with van der Waals surface area (Å²) in [5.74, 6) is 1.90. The first-order valence-corrected chi connectivity index (χ1v) is 6.10. The van der Waals surface area contributed by atoms with Gasteiger partial charge in [0.1, 0.15) is 11.6 Å². The lowest BCUT2D eigenvalue weighted by Gasteiger charge is -2.26. The van der Waals surface area contributed by atoms with Crippen molar-refractivity contribution < 1.29 is 0 Å². The molecule has 0 bridgehead atoms. The van der Waals surface area contributed by atoms with Crippen LogP contribution < -0.4 is 16.6 Å². The summed E-state index contributed by atoms with van der Waals surface area (Å²) >= 11 is 0. The van der Waals surface area contributed by atoms with Crippen LogP contribution in [0.5, 0.6) is 0 Å². The number of nitrogens with two attached hydrogens (primary N) is 1. The van der Waals surface area contributed by atoms with Gasteiger partial charge in [-0.2, -0.15) is 0 Å². The van der Waals surface area contributed by atoms with E-state index in [2.05, 4.69) is 29.1 Å². The normalized spacial score (nSPS) is 15.9. The van der Waals surface area contributed by atoms with Crippen LogP contribution in [0.4, 0.5) is 5.82 Å². The number of H-pyrrole nitrogens is 1. The molecule has 5 heteroatoms. The Kier molecular flexibility index (Phi) is 3.19. The van der Waals surface area contributed by atoms with Crippen molar-refractivity contribution in [2.45, 2.75) is 44.6 Å². The van der Waals surface area contributed by atoms with Crippen molar-refractivity contribution in [3.05, 3.63) is 22.2 Å². The molecule has 0 atom stereocenters. The second-order valence-corrected chi connectivity index (χ2v) is 5.34. The molecule has 5 nitrogen and oxygen atoms in total. The largest absolute Gasteiger partial charge is 0.365 e. The Morgan fingerprint density at radius 2 is 2.29 bits per heavy atom. The summed E-state index contributed by atoms with van der Waals surface area (Å²) in [5.41, 5.74) is 5.33. The van der Waals surface area contributed by atoms with Crippen molar-refractivity contribution in [2.24, 2.45) is 5.73 Å². The molecule has 1 saturated carbocycles. The maximum Gasteiger partial charge on any atom is 0.252 e. The SMILES string of the molecule is CC(C)(CCN)Nc1cc(=O)[nH]c(C2CC2)n1. The number of nitrogens with zero attached hydrogens (tertiary/aromatic N) is 1. The highest BCUT2D eigenvalue weighted by Gasteiger charge is 2.27. The van der Waals surface area contributed by atoms with Gasteiger partial charge in [-0.1, -0.05) is 0 Å². The number of rotatable bonds is 5. The third-order valence-corrected chi connectivity index (χ3v) is 2.96. The second-order valence-electron chi connectivity index (χ2n) is 5.34. The summed E-state index contributed by atoms with van der Waals surface area (Å²) in [7, 11) is 0. The van der Waals surface area contributed by atoms with E-state index in [0.717, 1.165) is 25.1 Å². The zero-order valence-electron chi connectivity index (χ0n) is 10.4. The van der Waals surface area contributed by atoms with Crippen LogP contribution in [-0.2, 0) is 0 Å². The average molecular weight is 236 g/mol. The van der Waals surface area contributed by atoms with Gasteiger partial charge in [-0.3, -0.25) is 4.79 Å². The van der Waals surface area contributed by atoms with E-state index in [9.17, 15) is 4.79 Å². The Labute approximate surface area is 101 Å². The van der Waals surface area contributed by atoms with Crippen LogP contribution in [0.25, 0.3) is 0 Å². The topological polar surface area (TPSA) is 83.8 Å². The maximum atomic E-state index is 11.5. The van der Waals surface area contributed by atoms with Gasteiger partial charge < -0.3 is 16.0 Å². The van der Waals surface area contributed by atoms with Crippen molar-refractivity contribution in [1.29, 1.82) is 0 Å². The lowest BCUT2D eigenvalue weighted by atomic mass is 10.0. The summed E-state index contributed by atoms with van der Waals surface area (Å²) in [6, 6.07) is 1.50. The van der Waals surface area contributed by atoms with Crippen LogP contribution in [0.1, 0.15) is 44.9 Å². The lowest BCUT2D eigenvalue weighted by molar-refractivity contribution is 0.524. The van der Waals surface area contributed by atoms with Crippen molar-refractivity contribution in [3.63, 3.8) is 0 Å². The Morgan fingerprint density at radius 3 is 2.88 bits per heavy atom. The molecule has 1 aromatic heterocycles. The summed E-state index contributed by atoms with van der Waals surface area (Å²) in [4.78, 5) is 18.8. The molecule has 0 aromatic carbocycles. The highest BCUT2D eigenvalue weighted by molar-refractivity contribution is 5.36. The molecule has 1 aliphatic rings. The van der Waals surface area contributed by atoms with Crippen LogP contribution in [0.15, 0.2) is 10.9 Å². The second kappa shape index (κ2) is 4.49. The van der Waals surface area contributed by atoms with Gasteiger partial charge in [-0.05, 0) is 39.7 Å². The van der Waals surface area contributed by atoms with Crippen LogP contribution in [-0.4, -0.2) is 22.1 Å². The molecule has 1 fully saturated rings. The van der Waals surface area contributed by atoms with Crippen molar-refractivity contribution in [2.75, 3.05) is 11.9 Å². The van der Waals surface area contributed by atoms with Crippen molar-refractivity contribution >= 4 is 5.82 Å². The molecular weight excluding hydrogens is 216 g/mol. The molecule has 94 valence electrons. The third-order valence-electron chi connectivity index (χ3n) is 2.96. The van der Waals surface area contributed by atoms with E-state index in [0.29, 0.717) is 18.3 Å². The number of aromatic nitrogens is 2. The molecule has 0 radical (unpaired) electrons. The monoisotopic (exact) mass is 236 g/mol. The number of anilines is 1. The molecular formula is C12H20N4O. The van der Waals surface area contributed by atoms with Gasteiger partial charge in [-0.25, -0.2) is 4.98 Å². The highest BCUT2D eigenvalue weighted by Crippen LogP contribution is 2.37. The summed E-state index contributed by atoms with van der Waals surface area (Å²) in [6.45, 7) is 4.72. The zero-order chi connectivity index (χ0) is 12.5. The van der Waals surface area contributed by atoms with Gasteiger partial charge in [0, 0.05) is 17.5 Å². The highest BCUT2D eigenvalue weighted by atomic mass is 16.1. The van der Waals surface area contributed by atoms with Crippen LogP contribution >= 0.6 is 0 Å². The van der Waals surface area contributed by atoms with Gasteiger partial charge in [0.2, 0.25) is 0 Å². The third kappa shape index (κ3) is 3.30. The number of nitrogens with one attached hydrogen (secondary N) is 2. The quantitative estimate of drug-likeness (QED) is 0.717. The molecule has 0 spiro atoms. The standard InChI is InChI=1S/C12H20N4O/c1-12(2,5-6-13)16-9-7-10(17)15-11(14-9)8-3-4-8/h7-8H,3-6,13H2,1-2H3,(H2,14,15,16,17). The fourth-order valence-electron chi connectivity index (χ4n) is 1.86. The summed E-state index contributed by atoms with van der Waals surface area (Å²) < 4.78 is 0.